The van der Waals surface area contributed by atoms with E-state index in [0.29, 0.717) is 0 Å². The number of halogens is 1. The highest BCUT2D eigenvalue weighted by Gasteiger charge is 2.00. The first-order chi connectivity index (χ1) is 8.29. The van der Waals surface area contributed by atoms with E-state index < -0.39 is 0 Å². The first-order valence-corrected chi connectivity index (χ1v) is 6.99. The summed E-state index contributed by atoms with van der Waals surface area (Å²) in [5, 5.41) is 0. The van der Waals surface area contributed by atoms with Crippen LogP contribution < -0.4 is 0 Å². The van der Waals surface area contributed by atoms with Crippen molar-refractivity contribution in [1.82, 2.24) is 0 Å². The van der Waals surface area contributed by atoms with Gasteiger partial charge in [0.1, 0.15) is 6.29 Å². The predicted molar refractivity (Wildman–Crippen MR) is 75.5 cm³/mol. The van der Waals surface area contributed by atoms with E-state index in [-0.39, 0.29) is 0 Å². The van der Waals surface area contributed by atoms with Gasteiger partial charge in [-0.2, -0.15) is 0 Å². The molecule has 0 amide bonds. The van der Waals surface area contributed by atoms with Crippen molar-refractivity contribution in [2.75, 3.05) is 0 Å². The van der Waals surface area contributed by atoms with E-state index in [1.54, 1.807) is 11.8 Å². The lowest BCUT2D eigenvalue weighted by Gasteiger charge is -2.04. The Hall–Kier alpha value is -1.06. The maximum Gasteiger partial charge on any atom is 0.150 e. The van der Waals surface area contributed by atoms with Crippen molar-refractivity contribution in [2.45, 2.75) is 10.6 Å². The Morgan fingerprint density at radius 2 is 1.94 bits per heavy atom. The molecule has 0 atom stereocenters. The van der Waals surface area contributed by atoms with E-state index in [1.807, 2.05) is 42.5 Å². The van der Waals surface area contributed by atoms with E-state index in [0.717, 1.165) is 27.0 Å². The van der Waals surface area contributed by atoms with Gasteiger partial charge in [-0.15, -0.1) is 11.8 Å². The van der Waals surface area contributed by atoms with Crippen molar-refractivity contribution in [2.24, 2.45) is 0 Å². The Kier molecular flexibility index (Phi) is 4.40. The SMILES string of the molecule is O=Cc1cccc(SCc2ccccc2Br)c1. The molecule has 2 aromatic carbocycles. The van der Waals surface area contributed by atoms with E-state index >= 15 is 0 Å². The minimum Gasteiger partial charge on any atom is -0.298 e. The summed E-state index contributed by atoms with van der Waals surface area (Å²) < 4.78 is 1.12. The maximum atomic E-state index is 10.7. The van der Waals surface area contributed by atoms with Gasteiger partial charge in [0, 0.05) is 20.7 Å². The van der Waals surface area contributed by atoms with Gasteiger partial charge in [-0.1, -0.05) is 46.3 Å². The molecule has 0 fully saturated rings. The molecule has 1 nitrogen and oxygen atoms in total. The van der Waals surface area contributed by atoms with Crippen LogP contribution in [0.1, 0.15) is 15.9 Å². The molecule has 0 aliphatic heterocycles. The van der Waals surface area contributed by atoms with Gasteiger partial charge in [0.15, 0.2) is 0 Å². The molecule has 0 radical (unpaired) electrons. The second-order valence-corrected chi connectivity index (χ2v) is 5.47. The van der Waals surface area contributed by atoms with Gasteiger partial charge in [0.2, 0.25) is 0 Å². The monoisotopic (exact) mass is 306 g/mol. The fourth-order valence-corrected chi connectivity index (χ4v) is 3.03. The molecule has 86 valence electrons. The van der Waals surface area contributed by atoms with Crippen LogP contribution >= 0.6 is 27.7 Å². The van der Waals surface area contributed by atoms with Crippen LogP contribution in [0.2, 0.25) is 0 Å². The van der Waals surface area contributed by atoms with Gasteiger partial charge in [0.05, 0.1) is 0 Å². The number of hydrogen-bond donors (Lipinski definition) is 0. The Bertz CT molecular complexity index is 525. The Balaban J connectivity index is 2.07. The van der Waals surface area contributed by atoms with E-state index in [1.165, 1.54) is 5.56 Å². The van der Waals surface area contributed by atoms with Gasteiger partial charge in [0.25, 0.3) is 0 Å². The third-order valence-corrected chi connectivity index (χ3v) is 4.16. The third-order valence-electron chi connectivity index (χ3n) is 2.35. The first-order valence-electron chi connectivity index (χ1n) is 5.21. The smallest absolute Gasteiger partial charge is 0.150 e. The lowest BCUT2D eigenvalue weighted by molar-refractivity contribution is 0.112. The summed E-state index contributed by atoms with van der Waals surface area (Å²) >= 11 is 5.26. The number of carbonyl (C=O) groups is 1. The molecule has 3 heteroatoms. The molecule has 0 saturated heterocycles. The van der Waals surface area contributed by atoms with Crippen molar-refractivity contribution >= 4 is 34.0 Å². The van der Waals surface area contributed by atoms with Crippen LogP contribution in [0.3, 0.4) is 0 Å². The topological polar surface area (TPSA) is 17.1 Å². The molecule has 0 saturated carbocycles. The van der Waals surface area contributed by atoms with Gasteiger partial charge in [-0.3, -0.25) is 4.79 Å². The number of carbonyl (C=O) groups excluding carboxylic acids is 1. The molecule has 0 aromatic heterocycles. The number of thioether (sulfide) groups is 1. The summed E-state index contributed by atoms with van der Waals surface area (Å²) in [6.07, 6.45) is 0.877. The van der Waals surface area contributed by atoms with Crippen LogP contribution in [0.15, 0.2) is 57.9 Å². The standard InChI is InChI=1S/C14H11BrOS/c15-14-7-2-1-5-12(14)10-17-13-6-3-4-11(8-13)9-16/h1-9H,10H2. The molecule has 0 aliphatic rings. The van der Waals surface area contributed by atoms with Crippen LogP contribution in [0.25, 0.3) is 0 Å². The van der Waals surface area contributed by atoms with Crippen LogP contribution in [-0.4, -0.2) is 6.29 Å². The molecule has 0 bridgehead atoms. The summed E-state index contributed by atoms with van der Waals surface area (Å²) in [6.45, 7) is 0. The van der Waals surface area contributed by atoms with E-state index in [9.17, 15) is 4.79 Å². The highest BCUT2D eigenvalue weighted by Crippen LogP contribution is 2.26. The molecule has 17 heavy (non-hydrogen) atoms. The molecular formula is C14H11BrOS. The van der Waals surface area contributed by atoms with Gasteiger partial charge >= 0.3 is 0 Å². The summed E-state index contributed by atoms with van der Waals surface area (Å²) in [5.41, 5.74) is 1.98. The molecular weight excluding hydrogens is 296 g/mol. The zero-order valence-electron chi connectivity index (χ0n) is 9.10. The van der Waals surface area contributed by atoms with Crippen LogP contribution in [0.4, 0.5) is 0 Å². The fraction of sp³-hybridized carbons (Fsp3) is 0.0714. The van der Waals surface area contributed by atoms with Gasteiger partial charge in [-0.25, -0.2) is 0 Å². The second kappa shape index (κ2) is 6.03. The van der Waals surface area contributed by atoms with Crippen molar-refractivity contribution in [3.8, 4) is 0 Å². The highest BCUT2D eigenvalue weighted by atomic mass is 79.9. The quantitative estimate of drug-likeness (QED) is 0.609. The molecule has 0 N–H and O–H groups in total. The fourth-order valence-electron chi connectivity index (χ4n) is 1.45. The lowest BCUT2D eigenvalue weighted by Crippen LogP contribution is -1.84. The van der Waals surface area contributed by atoms with Crippen molar-refractivity contribution < 1.29 is 4.79 Å². The second-order valence-electron chi connectivity index (χ2n) is 3.57. The summed E-state index contributed by atoms with van der Waals surface area (Å²) in [4.78, 5) is 11.8. The van der Waals surface area contributed by atoms with E-state index in [4.69, 9.17) is 0 Å². The van der Waals surface area contributed by atoms with Gasteiger partial charge in [-0.05, 0) is 23.8 Å². The summed E-state index contributed by atoms with van der Waals surface area (Å²) in [6, 6.07) is 15.8. The van der Waals surface area contributed by atoms with Gasteiger partial charge < -0.3 is 0 Å². The zero-order chi connectivity index (χ0) is 12.1. The average Bonchev–Trinajstić information content (AvgIpc) is 2.38. The largest absolute Gasteiger partial charge is 0.298 e. The van der Waals surface area contributed by atoms with Crippen molar-refractivity contribution in [1.29, 1.82) is 0 Å². The molecule has 2 rings (SSSR count). The maximum absolute atomic E-state index is 10.7. The zero-order valence-corrected chi connectivity index (χ0v) is 11.5. The van der Waals surface area contributed by atoms with Crippen molar-refractivity contribution in [3.63, 3.8) is 0 Å². The Morgan fingerprint density at radius 3 is 2.71 bits per heavy atom. The number of aldehydes is 1. The predicted octanol–water partition coefficient (Wildman–Crippen LogP) is 4.55. The minimum atomic E-state index is 0.724. The Labute approximate surface area is 113 Å². The average molecular weight is 307 g/mol. The number of rotatable bonds is 4. The van der Waals surface area contributed by atoms with E-state index in [2.05, 4.69) is 22.0 Å². The molecule has 0 spiro atoms. The highest BCUT2D eigenvalue weighted by molar-refractivity contribution is 9.10. The van der Waals surface area contributed by atoms with Crippen LogP contribution in [-0.2, 0) is 5.75 Å². The number of hydrogen-bond acceptors (Lipinski definition) is 2. The normalized spacial score (nSPS) is 10.2. The minimum absolute atomic E-state index is 0.724. The van der Waals surface area contributed by atoms with Crippen molar-refractivity contribution in [3.05, 3.63) is 64.1 Å². The van der Waals surface area contributed by atoms with Crippen LogP contribution in [0.5, 0.6) is 0 Å². The lowest BCUT2D eigenvalue weighted by atomic mass is 10.2. The molecule has 0 unspecified atom stereocenters. The molecule has 0 aliphatic carbocycles. The third kappa shape index (κ3) is 3.45. The summed E-state index contributed by atoms with van der Waals surface area (Å²) in [5.74, 6) is 0.893. The molecule has 2 aromatic rings. The molecule has 0 heterocycles. The van der Waals surface area contributed by atoms with Crippen LogP contribution in [0, 0.1) is 0 Å². The first kappa shape index (κ1) is 12.4. The Morgan fingerprint density at radius 1 is 1.12 bits per heavy atom. The summed E-state index contributed by atoms with van der Waals surface area (Å²) in [7, 11) is 0. The number of benzene rings is 2.